The van der Waals surface area contributed by atoms with Crippen LogP contribution in [0.25, 0.3) is 0 Å². The van der Waals surface area contributed by atoms with Gasteiger partial charge in [-0.2, -0.15) is 0 Å². The van der Waals surface area contributed by atoms with E-state index in [2.05, 4.69) is 24.1 Å². The van der Waals surface area contributed by atoms with Gasteiger partial charge in [-0.25, -0.2) is 4.98 Å². The molecule has 0 aliphatic heterocycles. The number of benzene rings is 1. The van der Waals surface area contributed by atoms with Crippen molar-refractivity contribution in [2.75, 3.05) is 18.2 Å². The molecule has 0 saturated heterocycles. The van der Waals surface area contributed by atoms with E-state index < -0.39 is 0 Å². The van der Waals surface area contributed by atoms with E-state index in [1.807, 2.05) is 24.4 Å². The minimum atomic E-state index is 0.138. The van der Waals surface area contributed by atoms with Crippen LogP contribution in [0.2, 0.25) is 0 Å². The van der Waals surface area contributed by atoms with Gasteiger partial charge in [-0.15, -0.1) is 11.3 Å². The van der Waals surface area contributed by atoms with Crippen LogP contribution in [0.15, 0.2) is 24.4 Å². The number of methoxy groups -OCH3 is 1. The fraction of sp³-hybridized carbons (Fsp3) is 0.308. The fourth-order valence-corrected chi connectivity index (χ4v) is 2.44. The SMILES string of the molecule is COc1ccc(NC(C)c2ncc(C)s2)c(N)c1. The summed E-state index contributed by atoms with van der Waals surface area (Å²) in [5.74, 6) is 0.760. The molecule has 3 N–H and O–H groups in total. The number of nitrogen functional groups attached to an aromatic ring is 1. The van der Waals surface area contributed by atoms with Crippen molar-refractivity contribution in [2.45, 2.75) is 19.9 Å². The Morgan fingerprint density at radius 3 is 2.78 bits per heavy atom. The number of aryl methyl sites for hydroxylation is 1. The number of anilines is 2. The molecule has 2 rings (SSSR count). The number of nitrogens with two attached hydrogens (primary N) is 1. The van der Waals surface area contributed by atoms with Crippen LogP contribution in [0.1, 0.15) is 22.9 Å². The first kappa shape index (κ1) is 12.7. The van der Waals surface area contributed by atoms with Crippen LogP contribution in [0.5, 0.6) is 5.75 Å². The lowest BCUT2D eigenvalue weighted by Gasteiger charge is -2.15. The number of hydrogen-bond acceptors (Lipinski definition) is 5. The molecule has 5 heteroatoms. The van der Waals surface area contributed by atoms with Gasteiger partial charge < -0.3 is 15.8 Å². The first-order chi connectivity index (χ1) is 8.60. The van der Waals surface area contributed by atoms with Crippen LogP contribution in [-0.4, -0.2) is 12.1 Å². The van der Waals surface area contributed by atoms with E-state index in [1.54, 1.807) is 18.4 Å². The summed E-state index contributed by atoms with van der Waals surface area (Å²) in [7, 11) is 1.63. The van der Waals surface area contributed by atoms with Crippen LogP contribution < -0.4 is 15.8 Å². The molecular formula is C13H17N3OS. The van der Waals surface area contributed by atoms with E-state index in [0.29, 0.717) is 5.69 Å². The predicted molar refractivity (Wildman–Crippen MR) is 76.3 cm³/mol. The van der Waals surface area contributed by atoms with E-state index in [9.17, 15) is 0 Å². The zero-order valence-electron chi connectivity index (χ0n) is 10.7. The van der Waals surface area contributed by atoms with Gasteiger partial charge in [0.15, 0.2) is 0 Å². The van der Waals surface area contributed by atoms with Crippen molar-refractivity contribution in [2.24, 2.45) is 0 Å². The van der Waals surface area contributed by atoms with Crippen LogP contribution in [0, 0.1) is 6.92 Å². The maximum Gasteiger partial charge on any atom is 0.121 e. The maximum atomic E-state index is 5.97. The smallest absolute Gasteiger partial charge is 0.121 e. The van der Waals surface area contributed by atoms with Gasteiger partial charge in [-0.05, 0) is 26.0 Å². The Morgan fingerprint density at radius 1 is 1.44 bits per heavy atom. The van der Waals surface area contributed by atoms with Crippen molar-refractivity contribution in [1.82, 2.24) is 4.98 Å². The molecule has 0 amide bonds. The molecule has 1 atom stereocenters. The van der Waals surface area contributed by atoms with Gasteiger partial charge in [-0.1, -0.05) is 0 Å². The highest BCUT2D eigenvalue weighted by Gasteiger charge is 2.11. The van der Waals surface area contributed by atoms with Crippen molar-refractivity contribution in [3.63, 3.8) is 0 Å². The van der Waals surface area contributed by atoms with Crippen LogP contribution in [0.4, 0.5) is 11.4 Å². The Hall–Kier alpha value is -1.75. The highest BCUT2D eigenvalue weighted by molar-refractivity contribution is 7.11. The summed E-state index contributed by atoms with van der Waals surface area (Å²) in [6.45, 7) is 4.12. The first-order valence-electron chi connectivity index (χ1n) is 5.72. The Morgan fingerprint density at radius 2 is 2.22 bits per heavy atom. The second kappa shape index (κ2) is 5.27. The van der Waals surface area contributed by atoms with Crippen molar-refractivity contribution < 1.29 is 4.74 Å². The quantitative estimate of drug-likeness (QED) is 0.831. The largest absolute Gasteiger partial charge is 0.497 e. The van der Waals surface area contributed by atoms with Gasteiger partial charge in [0.05, 0.1) is 24.5 Å². The zero-order valence-corrected chi connectivity index (χ0v) is 11.5. The average Bonchev–Trinajstić information content (AvgIpc) is 2.78. The normalized spacial score (nSPS) is 12.2. The van der Waals surface area contributed by atoms with E-state index >= 15 is 0 Å². The third-order valence-electron chi connectivity index (χ3n) is 2.64. The molecule has 0 aliphatic rings. The van der Waals surface area contributed by atoms with Crippen LogP contribution in [-0.2, 0) is 0 Å². The third-order valence-corrected chi connectivity index (χ3v) is 3.74. The summed E-state index contributed by atoms with van der Waals surface area (Å²) >= 11 is 1.69. The van der Waals surface area contributed by atoms with Gasteiger partial charge in [0.25, 0.3) is 0 Å². The molecule has 2 aromatic rings. The van der Waals surface area contributed by atoms with Gasteiger partial charge >= 0.3 is 0 Å². The standard InChI is InChI=1S/C13H17N3OS/c1-8-7-15-13(18-8)9(2)16-12-5-4-10(17-3)6-11(12)14/h4-7,9,16H,14H2,1-3H3. The Balaban J connectivity index is 2.14. The second-order valence-corrected chi connectivity index (χ2v) is 5.39. The monoisotopic (exact) mass is 263 g/mol. The lowest BCUT2D eigenvalue weighted by Crippen LogP contribution is -2.08. The summed E-state index contributed by atoms with van der Waals surface area (Å²) in [5.41, 5.74) is 7.54. The number of ether oxygens (including phenoxy) is 1. The summed E-state index contributed by atoms with van der Waals surface area (Å²) in [6, 6.07) is 5.76. The highest BCUT2D eigenvalue weighted by Crippen LogP contribution is 2.29. The Labute approximate surface area is 111 Å². The minimum absolute atomic E-state index is 0.138. The molecule has 1 unspecified atom stereocenters. The van der Waals surface area contributed by atoms with Crippen molar-refractivity contribution in [3.8, 4) is 5.75 Å². The number of hydrogen-bond donors (Lipinski definition) is 2. The van der Waals surface area contributed by atoms with Gasteiger partial charge in [0, 0.05) is 17.1 Å². The van der Waals surface area contributed by atoms with Crippen LogP contribution >= 0.6 is 11.3 Å². The molecule has 0 fully saturated rings. The van der Waals surface area contributed by atoms with Gasteiger partial charge in [0.2, 0.25) is 0 Å². The lowest BCUT2D eigenvalue weighted by atomic mass is 10.2. The summed E-state index contributed by atoms with van der Waals surface area (Å²) in [4.78, 5) is 5.58. The number of thiazole rings is 1. The lowest BCUT2D eigenvalue weighted by molar-refractivity contribution is 0.415. The maximum absolute atomic E-state index is 5.97. The molecule has 1 heterocycles. The molecule has 1 aromatic heterocycles. The molecule has 0 spiro atoms. The van der Waals surface area contributed by atoms with Crippen molar-refractivity contribution in [3.05, 3.63) is 34.3 Å². The molecule has 4 nitrogen and oxygen atoms in total. The predicted octanol–water partition coefficient (Wildman–Crippen LogP) is 3.22. The number of aromatic nitrogens is 1. The first-order valence-corrected chi connectivity index (χ1v) is 6.54. The Kier molecular flexibility index (Phi) is 3.72. The molecule has 0 bridgehead atoms. The molecule has 1 aromatic carbocycles. The van der Waals surface area contributed by atoms with Gasteiger partial charge in [0.1, 0.15) is 10.8 Å². The van der Waals surface area contributed by atoms with Gasteiger partial charge in [-0.3, -0.25) is 0 Å². The highest BCUT2D eigenvalue weighted by atomic mass is 32.1. The van der Waals surface area contributed by atoms with E-state index in [-0.39, 0.29) is 6.04 Å². The topological polar surface area (TPSA) is 60.2 Å². The summed E-state index contributed by atoms with van der Waals surface area (Å²) in [5, 5.41) is 4.42. The zero-order chi connectivity index (χ0) is 13.1. The second-order valence-electron chi connectivity index (χ2n) is 4.13. The van der Waals surface area contributed by atoms with Crippen molar-refractivity contribution >= 4 is 22.7 Å². The third kappa shape index (κ3) is 2.73. The molecule has 96 valence electrons. The molecule has 0 radical (unpaired) electrons. The summed E-state index contributed by atoms with van der Waals surface area (Å²) < 4.78 is 5.12. The number of nitrogens with one attached hydrogen (secondary N) is 1. The molecule has 18 heavy (non-hydrogen) atoms. The Bertz CT molecular complexity index is 539. The molecule has 0 saturated carbocycles. The number of rotatable bonds is 4. The molecule has 0 aliphatic carbocycles. The average molecular weight is 263 g/mol. The fourth-order valence-electron chi connectivity index (χ4n) is 1.67. The number of nitrogens with zero attached hydrogens (tertiary/aromatic N) is 1. The van der Waals surface area contributed by atoms with Crippen LogP contribution in [0.3, 0.4) is 0 Å². The van der Waals surface area contributed by atoms with E-state index in [1.165, 1.54) is 4.88 Å². The van der Waals surface area contributed by atoms with Crippen molar-refractivity contribution in [1.29, 1.82) is 0 Å². The molecular weight excluding hydrogens is 246 g/mol. The summed E-state index contributed by atoms with van der Waals surface area (Å²) in [6.07, 6.45) is 1.88. The minimum Gasteiger partial charge on any atom is -0.497 e. The van der Waals surface area contributed by atoms with E-state index in [4.69, 9.17) is 10.5 Å². The van der Waals surface area contributed by atoms with E-state index in [0.717, 1.165) is 16.4 Å².